The number of carbonyl (C=O) groups excluding carboxylic acids is 1. The third kappa shape index (κ3) is 2.31. The molecule has 0 radical (unpaired) electrons. The van der Waals surface area contributed by atoms with Crippen LogP contribution in [-0.4, -0.2) is 37.3 Å². The molecule has 0 N–H and O–H groups in total. The van der Waals surface area contributed by atoms with Gasteiger partial charge in [0.05, 0.1) is 0 Å². The normalized spacial score (nSPS) is 24.0. The molecule has 1 rings (SSSR count). The van der Waals surface area contributed by atoms with Crippen molar-refractivity contribution in [3.63, 3.8) is 0 Å². The summed E-state index contributed by atoms with van der Waals surface area (Å²) in [4.78, 5) is 10.5. The first-order valence-electron chi connectivity index (χ1n) is 4.19. The zero-order valence-electron chi connectivity index (χ0n) is 8.31. The number of cyclic esters (lactones) is 2. The molecular formula is C8H4F6O4. The van der Waals surface area contributed by atoms with Crippen LogP contribution < -0.4 is 0 Å². The van der Waals surface area contributed by atoms with E-state index in [2.05, 4.69) is 14.2 Å². The lowest BCUT2D eigenvalue weighted by Gasteiger charge is -2.33. The molecule has 0 aromatic heterocycles. The summed E-state index contributed by atoms with van der Waals surface area (Å²) in [7, 11) is 0. The summed E-state index contributed by atoms with van der Waals surface area (Å²) in [5, 5.41) is 0. The maximum absolute atomic E-state index is 13.1. The van der Waals surface area contributed by atoms with Crippen LogP contribution in [0.5, 0.6) is 0 Å². The van der Waals surface area contributed by atoms with Gasteiger partial charge in [-0.1, -0.05) is 0 Å². The molecule has 1 atom stereocenters. The van der Waals surface area contributed by atoms with Crippen LogP contribution in [0.4, 0.5) is 31.1 Å². The number of hydrogen-bond donors (Lipinski definition) is 0. The molecule has 0 aliphatic carbocycles. The van der Waals surface area contributed by atoms with E-state index in [0.29, 0.717) is 0 Å². The highest BCUT2D eigenvalue weighted by Crippen LogP contribution is 2.47. The monoisotopic (exact) mass is 278 g/mol. The molecule has 0 spiro atoms. The Morgan fingerprint density at radius 1 is 1.33 bits per heavy atom. The fourth-order valence-electron chi connectivity index (χ4n) is 1.06. The predicted octanol–water partition coefficient (Wildman–Crippen LogP) is 1.99. The third-order valence-corrected chi connectivity index (χ3v) is 1.91. The molecule has 0 aromatic rings. The van der Waals surface area contributed by atoms with E-state index in [1.165, 1.54) is 5.92 Å². The van der Waals surface area contributed by atoms with Crippen molar-refractivity contribution in [2.24, 2.45) is 0 Å². The van der Waals surface area contributed by atoms with Gasteiger partial charge >= 0.3 is 24.0 Å². The van der Waals surface area contributed by atoms with Crippen molar-refractivity contribution in [3.8, 4) is 12.1 Å². The fourth-order valence-corrected chi connectivity index (χ4v) is 1.06. The molecule has 0 bridgehead atoms. The molecule has 1 aliphatic rings. The summed E-state index contributed by atoms with van der Waals surface area (Å²) in [5.74, 6) is -7.79. The molecule has 1 heterocycles. The van der Waals surface area contributed by atoms with Gasteiger partial charge < -0.3 is 14.2 Å². The van der Waals surface area contributed by atoms with Crippen molar-refractivity contribution < 1.29 is 45.3 Å². The summed E-state index contributed by atoms with van der Waals surface area (Å²) in [6.45, 7) is -2.63. The molecule has 0 amide bonds. The Bertz CT molecular complexity index is 395. The average molecular weight is 278 g/mol. The Kier molecular flexibility index (Phi) is 3.66. The van der Waals surface area contributed by atoms with E-state index >= 15 is 0 Å². The lowest BCUT2D eigenvalue weighted by atomic mass is 10.1. The number of alkyl halides is 5. The second-order valence-electron chi connectivity index (χ2n) is 3.03. The van der Waals surface area contributed by atoms with Crippen molar-refractivity contribution in [1.29, 1.82) is 0 Å². The van der Waals surface area contributed by atoms with Gasteiger partial charge in [-0.05, 0) is 5.92 Å². The Morgan fingerprint density at radius 3 is 2.33 bits per heavy atom. The Balaban J connectivity index is 3.04. The van der Waals surface area contributed by atoms with E-state index in [9.17, 15) is 31.1 Å². The second kappa shape index (κ2) is 4.56. The van der Waals surface area contributed by atoms with Crippen LogP contribution in [-0.2, 0) is 14.2 Å². The van der Waals surface area contributed by atoms with Crippen molar-refractivity contribution >= 4 is 6.16 Å². The third-order valence-electron chi connectivity index (χ3n) is 1.91. The van der Waals surface area contributed by atoms with E-state index in [0.717, 1.165) is 6.17 Å². The minimum atomic E-state index is -6.05. The molecule has 1 unspecified atom stereocenters. The lowest BCUT2D eigenvalue weighted by molar-refractivity contribution is -0.391. The van der Waals surface area contributed by atoms with Crippen LogP contribution in [0.15, 0.2) is 0 Å². The van der Waals surface area contributed by atoms with Crippen LogP contribution in [0.2, 0.25) is 0 Å². The maximum Gasteiger partial charge on any atom is 0.511 e. The van der Waals surface area contributed by atoms with Gasteiger partial charge in [-0.25, -0.2) is 4.79 Å². The summed E-state index contributed by atoms with van der Waals surface area (Å²) < 4.78 is 85.9. The molecule has 10 heteroatoms. The minimum absolute atomic E-state index is 0.728. The van der Waals surface area contributed by atoms with E-state index in [-0.39, 0.29) is 0 Å². The average Bonchev–Trinajstić information content (AvgIpc) is 2.60. The zero-order chi connectivity index (χ0) is 14.0. The largest absolute Gasteiger partial charge is 0.511 e. The Morgan fingerprint density at radius 2 is 1.94 bits per heavy atom. The van der Waals surface area contributed by atoms with Crippen LogP contribution in [0.25, 0.3) is 0 Å². The van der Waals surface area contributed by atoms with Gasteiger partial charge in [-0.3, -0.25) is 0 Å². The smallest absolute Gasteiger partial charge is 0.427 e. The fraction of sp³-hybridized carbons (Fsp3) is 0.625. The molecule has 18 heavy (non-hydrogen) atoms. The second-order valence-corrected chi connectivity index (χ2v) is 3.03. The number of ether oxygens (including phenoxy) is 3. The molecule has 1 aliphatic heterocycles. The van der Waals surface area contributed by atoms with Crippen molar-refractivity contribution in [1.82, 2.24) is 0 Å². The molecule has 0 saturated carbocycles. The standard InChI is InChI=1S/C8H4F6O4/c9-2-1-3-17-6(4-16-5(15)18-6)7(10,11)8(12,13)14/h3-4H2. The highest BCUT2D eigenvalue weighted by atomic mass is 19.4. The SMILES string of the molecule is O=C1OCC(OCC#CF)(C(F)(F)C(F)(F)F)O1. The lowest BCUT2D eigenvalue weighted by Crippen LogP contribution is -2.60. The van der Waals surface area contributed by atoms with Crippen LogP contribution in [0, 0.1) is 12.1 Å². The summed E-state index contributed by atoms with van der Waals surface area (Å²) in [6, 6.07) is 0. The number of rotatable bonds is 3. The maximum atomic E-state index is 13.1. The van der Waals surface area contributed by atoms with Gasteiger partial charge in [-0.2, -0.15) is 22.0 Å². The van der Waals surface area contributed by atoms with Crippen molar-refractivity contribution in [3.05, 3.63) is 0 Å². The Labute approximate surface area is 95.8 Å². The molecule has 1 fully saturated rings. The first-order valence-corrected chi connectivity index (χ1v) is 4.19. The van der Waals surface area contributed by atoms with Crippen molar-refractivity contribution in [2.45, 2.75) is 17.9 Å². The van der Waals surface area contributed by atoms with Gasteiger partial charge in [0, 0.05) is 0 Å². The van der Waals surface area contributed by atoms with E-state index in [4.69, 9.17) is 0 Å². The highest BCUT2D eigenvalue weighted by Gasteiger charge is 2.76. The summed E-state index contributed by atoms with van der Waals surface area (Å²) >= 11 is 0. The van der Waals surface area contributed by atoms with E-state index in [1.807, 2.05) is 0 Å². The van der Waals surface area contributed by atoms with Gasteiger partial charge in [0.1, 0.15) is 12.8 Å². The summed E-state index contributed by atoms with van der Waals surface area (Å²) in [5.41, 5.74) is 0. The number of carbonyl (C=O) groups is 1. The Hall–Kier alpha value is -1.63. The highest BCUT2D eigenvalue weighted by molar-refractivity contribution is 5.62. The van der Waals surface area contributed by atoms with E-state index < -0.39 is 37.3 Å². The number of halogens is 6. The predicted molar refractivity (Wildman–Crippen MR) is 41.0 cm³/mol. The topological polar surface area (TPSA) is 44.8 Å². The van der Waals surface area contributed by atoms with Gasteiger partial charge in [0.2, 0.25) is 0 Å². The molecule has 1 saturated heterocycles. The molecule has 0 aromatic carbocycles. The quantitative estimate of drug-likeness (QED) is 0.450. The van der Waals surface area contributed by atoms with Crippen LogP contribution in [0.3, 0.4) is 0 Å². The van der Waals surface area contributed by atoms with Crippen LogP contribution in [0.1, 0.15) is 0 Å². The number of hydrogen-bond acceptors (Lipinski definition) is 4. The first kappa shape index (κ1) is 14.4. The summed E-state index contributed by atoms with van der Waals surface area (Å²) in [6.07, 6.45) is -7.08. The zero-order valence-corrected chi connectivity index (χ0v) is 8.31. The molecule has 4 nitrogen and oxygen atoms in total. The van der Waals surface area contributed by atoms with Gasteiger partial charge in [0.15, 0.2) is 6.61 Å². The molecular weight excluding hydrogens is 274 g/mol. The van der Waals surface area contributed by atoms with E-state index in [1.54, 1.807) is 0 Å². The van der Waals surface area contributed by atoms with Gasteiger partial charge in [0.25, 0.3) is 0 Å². The molecule has 102 valence electrons. The van der Waals surface area contributed by atoms with Crippen molar-refractivity contribution in [2.75, 3.05) is 13.2 Å². The van der Waals surface area contributed by atoms with Gasteiger partial charge in [-0.15, -0.1) is 4.39 Å². The first-order chi connectivity index (χ1) is 8.16. The minimum Gasteiger partial charge on any atom is -0.427 e. The van der Waals surface area contributed by atoms with Crippen LogP contribution >= 0.6 is 0 Å².